The van der Waals surface area contributed by atoms with Gasteiger partial charge in [0.1, 0.15) is 4.34 Å². The fourth-order valence-electron chi connectivity index (χ4n) is 0.719. The van der Waals surface area contributed by atoms with Crippen LogP contribution in [-0.2, 0) is 0 Å². The van der Waals surface area contributed by atoms with Gasteiger partial charge in [-0.1, -0.05) is 11.6 Å². The first-order chi connectivity index (χ1) is 5.15. The van der Waals surface area contributed by atoms with Gasteiger partial charge in [0.15, 0.2) is 0 Å². The average Bonchev–Trinajstić information content (AvgIpc) is 2.31. The van der Waals surface area contributed by atoms with Gasteiger partial charge in [0.2, 0.25) is 0 Å². The summed E-state index contributed by atoms with van der Waals surface area (Å²) < 4.78 is 1.81. The molecule has 1 heterocycles. The van der Waals surface area contributed by atoms with Crippen molar-refractivity contribution in [3.05, 3.63) is 19.8 Å². The molecule has 1 nitrogen and oxygen atoms in total. The zero-order valence-corrected chi connectivity index (χ0v) is 9.48. The number of nitrogens with one attached hydrogen (secondary N) is 1. The molecule has 0 saturated heterocycles. The van der Waals surface area contributed by atoms with E-state index in [1.807, 2.05) is 13.1 Å². The Balaban J connectivity index is 2.88. The van der Waals surface area contributed by atoms with Crippen LogP contribution in [0.4, 0.5) is 0 Å². The largest absolute Gasteiger partial charge is 0.313 e. The molecule has 0 amide bonds. The van der Waals surface area contributed by atoms with Gasteiger partial charge in [-0.2, -0.15) is 0 Å². The summed E-state index contributed by atoms with van der Waals surface area (Å²) in [4.78, 5) is 1.25. The van der Waals surface area contributed by atoms with Gasteiger partial charge in [0, 0.05) is 15.4 Å². The number of rotatable bonds is 2. The van der Waals surface area contributed by atoms with Crippen molar-refractivity contribution in [3.63, 3.8) is 0 Å². The van der Waals surface area contributed by atoms with Gasteiger partial charge in [-0.05, 0) is 36.0 Å². The molecule has 0 aromatic carbocycles. The van der Waals surface area contributed by atoms with Crippen LogP contribution in [0.5, 0.6) is 0 Å². The van der Waals surface area contributed by atoms with Gasteiger partial charge in [-0.25, -0.2) is 0 Å². The van der Waals surface area contributed by atoms with Crippen LogP contribution in [0.1, 0.15) is 17.8 Å². The second-order valence-electron chi connectivity index (χ2n) is 2.28. The summed E-state index contributed by atoms with van der Waals surface area (Å²) >= 11 is 10.8. The lowest BCUT2D eigenvalue weighted by atomic mass is 10.3. The molecule has 0 aliphatic carbocycles. The molecule has 0 bridgehead atoms. The fraction of sp³-hybridized carbons (Fsp3) is 0.429. The van der Waals surface area contributed by atoms with Crippen molar-refractivity contribution in [2.24, 2.45) is 0 Å². The van der Waals surface area contributed by atoms with Crippen LogP contribution in [0.25, 0.3) is 0 Å². The van der Waals surface area contributed by atoms with Crippen LogP contribution in [0.3, 0.4) is 0 Å². The summed E-state index contributed by atoms with van der Waals surface area (Å²) in [6, 6.07) is 2.43. The molecule has 11 heavy (non-hydrogen) atoms. The Hall–Kier alpha value is 0.430. The monoisotopic (exact) mass is 253 g/mol. The zero-order valence-electron chi connectivity index (χ0n) is 6.32. The zero-order chi connectivity index (χ0) is 8.43. The smallest absolute Gasteiger partial charge is 0.107 e. The molecule has 62 valence electrons. The lowest BCUT2D eigenvalue weighted by Crippen LogP contribution is -2.10. The molecule has 1 aromatic heterocycles. The van der Waals surface area contributed by atoms with Crippen LogP contribution in [0.15, 0.2) is 10.5 Å². The lowest BCUT2D eigenvalue weighted by molar-refractivity contribution is 0.664. The molecule has 1 N–H and O–H groups in total. The first-order valence-electron chi connectivity index (χ1n) is 3.27. The van der Waals surface area contributed by atoms with E-state index < -0.39 is 0 Å². The maximum atomic E-state index is 5.87. The molecule has 0 aliphatic heterocycles. The molecule has 1 aromatic rings. The van der Waals surface area contributed by atoms with Crippen LogP contribution >= 0.6 is 38.9 Å². The average molecular weight is 255 g/mol. The highest BCUT2D eigenvalue weighted by atomic mass is 79.9. The third-order valence-electron chi connectivity index (χ3n) is 1.52. The molecule has 4 heteroatoms. The van der Waals surface area contributed by atoms with E-state index in [1.54, 1.807) is 11.3 Å². The van der Waals surface area contributed by atoms with Gasteiger partial charge < -0.3 is 5.32 Å². The van der Waals surface area contributed by atoms with Crippen molar-refractivity contribution >= 4 is 38.9 Å². The summed E-state index contributed by atoms with van der Waals surface area (Å²) in [6.45, 7) is 2.11. The van der Waals surface area contributed by atoms with Crippen molar-refractivity contribution in [1.29, 1.82) is 0 Å². The molecule has 0 spiro atoms. The highest BCUT2D eigenvalue weighted by Gasteiger charge is 2.08. The third kappa shape index (κ3) is 2.18. The van der Waals surface area contributed by atoms with Crippen molar-refractivity contribution < 1.29 is 0 Å². The molecular weight excluding hydrogens is 246 g/mol. The van der Waals surface area contributed by atoms with Crippen LogP contribution in [0.2, 0.25) is 4.34 Å². The van der Waals surface area contributed by atoms with E-state index in [1.165, 1.54) is 4.88 Å². The Bertz CT molecular complexity index is 229. The molecule has 0 saturated carbocycles. The normalized spacial score (nSPS) is 13.5. The van der Waals surface area contributed by atoms with E-state index in [0.29, 0.717) is 6.04 Å². The minimum Gasteiger partial charge on any atom is -0.313 e. The quantitative estimate of drug-likeness (QED) is 0.852. The SMILES string of the molecule is CNC(C)c1cc(Br)c(Cl)s1. The number of halogens is 2. The third-order valence-corrected chi connectivity index (χ3v) is 4.18. The Morgan fingerprint density at radius 2 is 2.36 bits per heavy atom. The van der Waals surface area contributed by atoms with Crippen molar-refractivity contribution in [2.45, 2.75) is 13.0 Å². The Kier molecular flexibility index (Phi) is 3.37. The minimum absolute atomic E-state index is 0.379. The molecule has 0 radical (unpaired) electrons. The van der Waals surface area contributed by atoms with E-state index in [-0.39, 0.29) is 0 Å². The van der Waals surface area contributed by atoms with Gasteiger partial charge in [-0.15, -0.1) is 11.3 Å². The molecule has 1 unspecified atom stereocenters. The van der Waals surface area contributed by atoms with Crippen LogP contribution < -0.4 is 5.32 Å². The van der Waals surface area contributed by atoms with E-state index in [4.69, 9.17) is 11.6 Å². The summed E-state index contributed by atoms with van der Waals surface area (Å²) in [5.74, 6) is 0. The number of hydrogen-bond donors (Lipinski definition) is 1. The molecule has 0 fully saturated rings. The molecular formula is C7H9BrClNS. The second kappa shape index (κ2) is 3.90. The van der Waals surface area contributed by atoms with Crippen LogP contribution in [0, 0.1) is 0 Å². The standard InChI is InChI=1S/C7H9BrClNS/c1-4(10-2)6-3-5(8)7(9)11-6/h3-4,10H,1-2H3. The highest BCUT2D eigenvalue weighted by Crippen LogP contribution is 2.34. The molecule has 1 rings (SSSR count). The molecule has 1 atom stereocenters. The van der Waals surface area contributed by atoms with E-state index >= 15 is 0 Å². The van der Waals surface area contributed by atoms with Crippen molar-refractivity contribution in [1.82, 2.24) is 5.32 Å². The van der Waals surface area contributed by atoms with E-state index in [9.17, 15) is 0 Å². The van der Waals surface area contributed by atoms with Gasteiger partial charge >= 0.3 is 0 Å². The van der Waals surface area contributed by atoms with Crippen LogP contribution in [-0.4, -0.2) is 7.05 Å². The van der Waals surface area contributed by atoms with Gasteiger partial charge in [0.25, 0.3) is 0 Å². The van der Waals surface area contributed by atoms with Gasteiger partial charge in [-0.3, -0.25) is 0 Å². The van der Waals surface area contributed by atoms with Gasteiger partial charge in [0.05, 0.1) is 0 Å². The Labute approximate surface area is 83.9 Å². The topological polar surface area (TPSA) is 12.0 Å². The maximum Gasteiger partial charge on any atom is 0.107 e. The van der Waals surface area contributed by atoms with E-state index in [2.05, 4.69) is 28.2 Å². The predicted molar refractivity (Wildman–Crippen MR) is 54.5 cm³/mol. The minimum atomic E-state index is 0.379. The summed E-state index contributed by atoms with van der Waals surface area (Å²) in [6.07, 6.45) is 0. The van der Waals surface area contributed by atoms with Crippen molar-refractivity contribution in [2.75, 3.05) is 7.05 Å². The van der Waals surface area contributed by atoms with Crippen molar-refractivity contribution in [3.8, 4) is 0 Å². The summed E-state index contributed by atoms with van der Waals surface area (Å²) in [5.41, 5.74) is 0. The number of thiophene rings is 1. The first kappa shape index (κ1) is 9.52. The first-order valence-corrected chi connectivity index (χ1v) is 5.26. The highest BCUT2D eigenvalue weighted by molar-refractivity contribution is 9.10. The summed E-state index contributed by atoms with van der Waals surface area (Å²) in [7, 11) is 1.94. The number of hydrogen-bond acceptors (Lipinski definition) is 2. The molecule has 0 aliphatic rings. The Morgan fingerprint density at radius 1 is 1.73 bits per heavy atom. The predicted octanol–water partition coefficient (Wildman–Crippen LogP) is 3.44. The second-order valence-corrected chi connectivity index (χ2v) is 4.82. The fourth-order valence-corrected chi connectivity index (χ4v) is 2.52. The Morgan fingerprint density at radius 3 is 2.73 bits per heavy atom. The maximum absolute atomic E-state index is 5.87. The van der Waals surface area contributed by atoms with E-state index in [0.717, 1.165) is 8.81 Å². The summed E-state index contributed by atoms with van der Waals surface area (Å²) in [5, 5.41) is 3.15. The lowest BCUT2D eigenvalue weighted by Gasteiger charge is -2.05.